The normalized spacial score (nSPS) is 10.3. The molecule has 0 spiro atoms. The second-order valence-electron chi connectivity index (χ2n) is 6.32. The van der Waals surface area contributed by atoms with Crippen LogP contribution in [0.1, 0.15) is 59.8 Å². The number of hydrogen-bond acceptors (Lipinski definition) is 2. The molecular weight excluding hydrogens is 352 g/mol. The van der Waals surface area contributed by atoms with Gasteiger partial charge in [-0.25, -0.2) is 4.79 Å². The summed E-state index contributed by atoms with van der Waals surface area (Å²) in [7, 11) is 1.94. The molecule has 0 saturated carbocycles. The molecule has 1 aromatic heterocycles. The average Bonchev–Trinajstić information content (AvgIpc) is 2.76. The fourth-order valence-corrected chi connectivity index (χ4v) is 3.32. The number of fused-ring (bicyclic) bond motifs is 1. The number of aromatic carboxylic acids is 1. The maximum Gasteiger partial charge on any atom is 0.336 e. The monoisotopic (exact) mass is 377 g/mol. The van der Waals surface area contributed by atoms with Crippen LogP contribution < -0.4 is 0 Å². The molecule has 1 heterocycles. The van der Waals surface area contributed by atoms with Crippen molar-refractivity contribution in [2.45, 2.75) is 52.4 Å². The molecule has 7 heteroatoms. The Morgan fingerprint density at radius 1 is 1.08 bits per heavy atom. The zero-order chi connectivity index (χ0) is 17.9. The van der Waals surface area contributed by atoms with Crippen LogP contribution in [-0.2, 0) is 24.7 Å². The SMILES string of the molecule is CCCCCc1c(CCC(=O)O)c2cc(C)c(C(=O)O)cc2n1C.[Na].[Na]. The number of unbranched alkanes of at least 4 members (excludes halogenated alkanes) is 2. The van der Waals surface area contributed by atoms with Crippen LogP contribution in [0.5, 0.6) is 0 Å². The number of aryl methyl sites for hydroxylation is 3. The second kappa shape index (κ2) is 11.5. The molecule has 2 rings (SSSR count). The van der Waals surface area contributed by atoms with Gasteiger partial charge >= 0.3 is 11.9 Å². The summed E-state index contributed by atoms with van der Waals surface area (Å²) in [5.74, 6) is -1.75. The summed E-state index contributed by atoms with van der Waals surface area (Å²) in [5.41, 5.74) is 4.04. The summed E-state index contributed by atoms with van der Waals surface area (Å²) in [4.78, 5) is 22.4. The molecule has 1 aromatic carbocycles. The van der Waals surface area contributed by atoms with Gasteiger partial charge in [0.25, 0.3) is 0 Å². The Balaban J connectivity index is 0.00000312. The van der Waals surface area contributed by atoms with Gasteiger partial charge in [-0.1, -0.05) is 19.8 Å². The Kier molecular flexibility index (Phi) is 11.4. The zero-order valence-corrected chi connectivity index (χ0v) is 20.6. The first-order valence-corrected chi connectivity index (χ1v) is 8.42. The number of aromatic nitrogens is 1. The number of benzene rings is 1. The van der Waals surface area contributed by atoms with Crippen molar-refractivity contribution in [1.29, 1.82) is 0 Å². The van der Waals surface area contributed by atoms with Gasteiger partial charge in [0.05, 0.1) is 5.56 Å². The summed E-state index contributed by atoms with van der Waals surface area (Å²) in [6.45, 7) is 3.93. The van der Waals surface area contributed by atoms with Gasteiger partial charge in [0.15, 0.2) is 0 Å². The van der Waals surface area contributed by atoms with Crippen LogP contribution in [0.15, 0.2) is 12.1 Å². The largest absolute Gasteiger partial charge is 0.481 e. The van der Waals surface area contributed by atoms with E-state index in [2.05, 4.69) is 6.92 Å². The fraction of sp³-hybridized carbons (Fsp3) is 0.474. The molecule has 2 radical (unpaired) electrons. The van der Waals surface area contributed by atoms with E-state index in [1.54, 1.807) is 13.0 Å². The van der Waals surface area contributed by atoms with E-state index < -0.39 is 11.9 Å². The van der Waals surface area contributed by atoms with E-state index in [9.17, 15) is 14.7 Å². The smallest absolute Gasteiger partial charge is 0.336 e. The van der Waals surface area contributed by atoms with Crippen LogP contribution in [0.4, 0.5) is 0 Å². The Bertz CT molecular complexity index is 784. The Labute approximate surface area is 198 Å². The van der Waals surface area contributed by atoms with E-state index in [0.717, 1.165) is 47.8 Å². The summed E-state index contributed by atoms with van der Waals surface area (Å²) in [6.07, 6.45) is 4.73. The van der Waals surface area contributed by atoms with Gasteiger partial charge in [-0.05, 0) is 49.4 Å². The first kappa shape index (κ1) is 25.7. The molecule has 2 aromatic rings. The van der Waals surface area contributed by atoms with Crippen LogP contribution in [0, 0.1) is 6.92 Å². The van der Waals surface area contributed by atoms with Crippen molar-refractivity contribution < 1.29 is 19.8 Å². The van der Waals surface area contributed by atoms with Gasteiger partial charge in [-0.15, -0.1) is 0 Å². The van der Waals surface area contributed by atoms with Gasteiger partial charge < -0.3 is 14.8 Å². The van der Waals surface area contributed by atoms with E-state index in [-0.39, 0.29) is 65.5 Å². The fourth-order valence-electron chi connectivity index (χ4n) is 3.32. The molecule has 0 aliphatic carbocycles. The summed E-state index contributed by atoms with van der Waals surface area (Å²) >= 11 is 0. The average molecular weight is 377 g/mol. The minimum atomic E-state index is -0.935. The third-order valence-electron chi connectivity index (χ3n) is 4.62. The number of carbonyl (C=O) groups is 2. The van der Waals surface area contributed by atoms with E-state index in [4.69, 9.17) is 5.11 Å². The molecule has 5 nitrogen and oxygen atoms in total. The number of aliphatic carboxylic acids is 1. The van der Waals surface area contributed by atoms with Crippen LogP contribution in [0.2, 0.25) is 0 Å². The number of hydrogen-bond donors (Lipinski definition) is 2. The maximum absolute atomic E-state index is 11.4. The molecule has 0 fully saturated rings. The van der Waals surface area contributed by atoms with Gasteiger partial charge in [0.2, 0.25) is 0 Å². The van der Waals surface area contributed by atoms with E-state index in [1.165, 1.54) is 0 Å². The number of nitrogens with zero attached hydrogens (tertiary/aromatic N) is 1. The molecule has 26 heavy (non-hydrogen) atoms. The molecule has 0 bridgehead atoms. The second-order valence-corrected chi connectivity index (χ2v) is 6.32. The molecule has 0 aliphatic heterocycles. The van der Waals surface area contributed by atoms with Gasteiger partial charge in [0, 0.05) is 89.2 Å². The Hall–Kier alpha value is -0.300. The summed E-state index contributed by atoms with van der Waals surface area (Å²) in [5, 5.41) is 19.4. The third kappa shape index (κ3) is 5.85. The number of carboxylic acids is 2. The molecule has 0 saturated heterocycles. The quantitative estimate of drug-likeness (QED) is 0.547. The van der Waals surface area contributed by atoms with Crippen molar-refractivity contribution in [1.82, 2.24) is 4.57 Å². The molecule has 132 valence electrons. The summed E-state index contributed by atoms with van der Waals surface area (Å²) < 4.78 is 2.04. The van der Waals surface area contributed by atoms with Crippen molar-refractivity contribution in [2.75, 3.05) is 0 Å². The van der Waals surface area contributed by atoms with Gasteiger partial charge in [0.1, 0.15) is 0 Å². The predicted molar refractivity (Wildman–Crippen MR) is 105 cm³/mol. The molecule has 0 atom stereocenters. The molecule has 2 N–H and O–H groups in total. The standard InChI is InChI=1S/C19H25NO4.2Na/c1-4-5-6-7-16-13(8-9-18(21)22)15-10-12(2)14(19(23)24)11-17(15)20(16)3;;/h10-11H,4-9H2,1-3H3,(H,21,22)(H,23,24);;. The van der Waals surface area contributed by atoms with Gasteiger partial charge in [-0.2, -0.15) is 0 Å². The van der Waals surface area contributed by atoms with Crippen LogP contribution in [-0.4, -0.2) is 85.8 Å². The molecular formula is C19H25NNa2O4. The predicted octanol–water partition coefficient (Wildman–Crippen LogP) is 3.17. The van der Waals surface area contributed by atoms with Crippen molar-refractivity contribution in [3.63, 3.8) is 0 Å². The number of carboxylic acid groups (broad SMARTS) is 2. The topological polar surface area (TPSA) is 79.5 Å². The maximum atomic E-state index is 11.4. The zero-order valence-electron chi connectivity index (χ0n) is 16.6. The van der Waals surface area contributed by atoms with E-state index >= 15 is 0 Å². The van der Waals surface area contributed by atoms with Crippen molar-refractivity contribution in [2.24, 2.45) is 7.05 Å². The molecule has 0 unspecified atom stereocenters. The Morgan fingerprint density at radius 3 is 2.27 bits per heavy atom. The number of rotatable bonds is 8. The summed E-state index contributed by atoms with van der Waals surface area (Å²) in [6, 6.07) is 3.60. The first-order valence-electron chi connectivity index (χ1n) is 8.42. The van der Waals surface area contributed by atoms with Crippen LogP contribution in [0.25, 0.3) is 10.9 Å². The van der Waals surface area contributed by atoms with E-state index in [0.29, 0.717) is 17.5 Å². The van der Waals surface area contributed by atoms with Crippen molar-refractivity contribution >= 4 is 82.0 Å². The molecule has 0 aliphatic rings. The first-order chi connectivity index (χ1) is 11.4. The molecule has 0 amide bonds. The Morgan fingerprint density at radius 2 is 1.73 bits per heavy atom. The minimum Gasteiger partial charge on any atom is -0.481 e. The minimum absolute atomic E-state index is 0. The van der Waals surface area contributed by atoms with Crippen LogP contribution >= 0.6 is 0 Å². The van der Waals surface area contributed by atoms with Crippen molar-refractivity contribution in [3.05, 3.63) is 34.5 Å². The third-order valence-corrected chi connectivity index (χ3v) is 4.62. The van der Waals surface area contributed by atoms with Crippen molar-refractivity contribution in [3.8, 4) is 0 Å². The van der Waals surface area contributed by atoms with Gasteiger partial charge in [-0.3, -0.25) is 4.79 Å². The van der Waals surface area contributed by atoms with Crippen LogP contribution in [0.3, 0.4) is 0 Å². The van der Waals surface area contributed by atoms with E-state index in [1.807, 2.05) is 17.7 Å².